The molecule has 1 aromatic carbocycles. The van der Waals surface area contributed by atoms with Crippen molar-refractivity contribution >= 4 is 10.2 Å². The van der Waals surface area contributed by atoms with Gasteiger partial charge in [-0.3, -0.25) is 0 Å². The molecular weight excluding hydrogens is 283 g/mol. The summed E-state index contributed by atoms with van der Waals surface area (Å²) in [5.74, 6) is 0. The highest BCUT2D eigenvalue weighted by molar-refractivity contribution is 7.86. The Balaban J connectivity index is 2.34. The van der Waals surface area contributed by atoms with E-state index in [0.29, 0.717) is 17.8 Å². The summed E-state index contributed by atoms with van der Waals surface area (Å²) in [6.07, 6.45) is 2.37. The maximum Gasteiger partial charge on any atom is 0.332 e. The number of nitrogens with zero attached hydrogens (tertiary/aromatic N) is 3. The van der Waals surface area contributed by atoms with Crippen molar-refractivity contribution in [3.8, 4) is 5.69 Å². The average Bonchev–Trinajstić information content (AvgIpc) is 2.88. The third-order valence-corrected chi connectivity index (χ3v) is 4.03. The number of rotatable bonds is 4. The lowest BCUT2D eigenvalue weighted by molar-refractivity contribution is 0.461. The number of aromatic nitrogens is 3. The Morgan fingerprint density at radius 1 is 1.35 bits per heavy atom. The SMILES string of the molecule is CCC(C)(N)c1cn(-c2ccc(S(=O)(=O)F)cc2)nn1. The molecule has 6 nitrogen and oxygen atoms in total. The first-order chi connectivity index (χ1) is 9.24. The van der Waals surface area contributed by atoms with Crippen molar-refractivity contribution in [1.82, 2.24) is 15.0 Å². The molecule has 1 atom stereocenters. The van der Waals surface area contributed by atoms with Gasteiger partial charge < -0.3 is 5.73 Å². The molecular formula is C12H15FN4O2S. The van der Waals surface area contributed by atoms with Crippen molar-refractivity contribution in [1.29, 1.82) is 0 Å². The first-order valence-electron chi connectivity index (χ1n) is 6.01. The van der Waals surface area contributed by atoms with Crippen molar-refractivity contribution in [3.05, 3.63) is 36.2 Å². The van der Waals surface area contributed by atoms with E-state index >= 15 is 0 Å². The zero-order valence-corrected chi connectivity index (χ0v) is 11.9. The Morgan fingerprint density at radius 2 is 1.95 bits per heavy atom. The third-order valence-electron chi connectivity index (χ3n) is 3.20. The van der Waals surface area contributed by atoms with Gasteiger partial charge in [-0.05, 0) is 37.6 Å². The Kier molecular flexibility index (Phi) is 3.61. The molecule has 8 heteroatoms. The van der Waals surface area contributed by atoms with Gasteiger partial charge in [-0.1, -0.05) is 12.1 Å². The van der Waals surface area contributed by atoms with Crippen LogP contribution in [0.5, 0.6) is 0 Å². The van der Waals surface area contributed by atoms with Gasteiger partial charge in [0.15, 0.2) is 0 Å². The second kappa shape index (κ2) is 4.95. The number of nitrogens with two attached hydrogens (primary N) is 1. The minimum Gasteiger partial charge on any atom is -0.320 e. The second-order valence-electron chi connectivity index (χ2n) is 4.75. The zero-order valence-electron chi connectivity index (χ0n) is 11.1. The van der Waals surface area contributed by atoms with E-state index in [1.54, 1.807) is 6.20 Å². The molecule has 108 valence electrons. The van der Waals surface area contributed by atoms with Crippen LogP contribution in [0.25, 0.3) is 5.69 Å². The first kappa shape index (κ1) is 14.6. The molecule has 0 aliphatic carbocycles. The van der Waals surface area contributed by atoms with Gasteiger partial charge in [0.05, 0.1) is 22.3 Å². The molecule has 20 heavy (non-hydrogen) atoms. The quantitative estimate of drug-likeness (QED) is 0.864. The summed E-state index contributed by atoms with van der Waals surface area (Å²) >= 11 is 0. The largest absolute Gasteiger partial charge is 0.332 e. The Bertz CT molecular complexity index is 707. The fourth-order valence-corrected chi connectivity index (χ4v) is 2.06. The molecule has 1 unspecified atom stereocenters. The lowest BCUT2D eigenvalue weighted by Gasteiger charge is -2.18. The summed E-state index contributed by atoms with van der Waals surface area (Å²) in [5.41, 5.74) is 6.68. The van der Waals surface area contributed by atoms with E-state index in [9.17, 15) is 12.3 Å². The van der Waals surface area contributed by atoms with Gasteiger partial charge in [0, 0.05) is 0 Å². The molecule has 0 aliphatic rings. The van der Waals surface area contributed by atoms with Crippen LogP contribution in [0.3, 0.4) is 0 Å². The maximum absolute atomic E-state index is 12.8. The summed E-state index contributed by atoms with van der Waals surface area (Å²) in [4.78, 5) is -0.390. The highest BCUT2D eigenvalue weighted by Crippen LogP contribution is 2.20. The molecule has 0 fully saturated rings. The Labute approximate surface area is 116 Å². The van der Waals surface area contributed by atoms with E-state index in [-0.39, 0.29) is 4.90 Å². The van der Waals surface area contributed by atoms with E-state index in [4.69, 9.17) is 5.73 Å². The minimum atomic E-state index is -4.69. The van der Waals surface area contributed by atoms with Crippen LogP contribution >= 0.6 is 0 Å². The number of halogens is 1. The molecule has 1 aromatic heterocycles. The van der Waals surface area contributed by atoms with E-state index in [0.717, 1.165) is 0 Å². The highest BCUT2D eigenvalue weighted by atomic mass is 32.3. The second-order valence-corrected chi connectivity index (χ2v) is 6.10. The van der Waals surface area contributed by atoms with E-state index in [1.165, 1.54) is 28.9 Å². The Hall–Kier alpha value is -1.80. The van der Waals surface area contributed by atoms with Crippen LogP contribution in [0.2, 0.25) is 0 Å². The predicted molar refractivity (Wildman–Crippen MR) is 71.5 cm³/mol. The van der Waals surface area contributed by atoms with Gasteiger partial charge in [0.1, 0.15) is 5.69 Å². The number of hydrogen-bond acceptors (Lipinski definition) is 5. The van der Waals surface area contributed by atoms with Gasteiger partial charge in [0.2, 0.25) is 0 Å². The molecule has 0 bridgehead atoms. The van der Waals surface area contributed by atoms with Crippen molar-refractivity contribution in [2.45, 2.75) is 30.7 Å². The number of benzene rings is 1. The van der Waals surface area contributed by atoms with E-state index in [1.807, 2.05) is 13.8 Å². The maximum atomic E-state index is 12.8. The summed E-state index contributed by atoms with van der Waals surface area (Å²) in [6, 6.07) is 5.25. The summed E-state index contributed by atoms with van der Waals surface area (Å²) in [6.45, 7) is 3.79. The smallest absolute Gasteiger partial charge is 0.320 e. The molecule has 0 radical (unpaired) electrons. The molecule has 0 aliphatic heterocycles. The average molecular weight is 298 g/mol. The van der Waals surface area contributed by atoms with Crippen LogP contribution in [-0.4, -0.2) is 23.4 Å². The lowest BCUT2D eigenvalue weighted by Crippen LogP contribution is -2.32. The monoisotopic (exact) mass is 298 g/mol. The van der Waals surface area contributed by atoms with Crippen LogP contribution in [0, 0.1) is 0 Å². The van der Waals surface area contributed by atoms with Gasteiger partial charge in [-0.25, -0.2) is 4.68 Å². The van der Waals surface area contributed by atoms with Gasteiger partial charge >= 0.3 is 10.2 Å². The fraction of sp³-hybridized carbons (Fsp3) is 0.333. The van der Waals surface area contributed by atoms with Crippen molar-refractivity contribution < 1.29 is 12.3 Å². The third kappa shape index (κ3) is 2.86. The molecule has 2 aromatic rings. The van der Waals surface area contributed by atoms with Crippen LogP contribution in [0.15, 0.2) is 35.4 Å². The zero-order chi connectivity index (χ0) is 15.0. The summed E-state index contributed by atoms with van der Waals surface area (Å²) in [7, 11) is -4.69. The summed E-state index contributed by atoms with van der Waals surface area (Å²) in [5, 5.41) is 7.94. The van der Waals surface area contributed by atoms with E-state index in [2.05, 4.69) is 10.3 Å². The van der Waals surface area contributed by atoms with Crippen molar-refractivity contribution in [2.24, 2.45) is 5.73 Å². The predicted octanol–water partition coefficient (Wildman–Crippen LogP) is 1.51. The first-order valence-corrected chi connectivity index (χ1v) is 7.39. The molecule has 1 heterocycles. The van der Waals surface area contributed by atoms with Gasteiger partial charge in [0.25, 0.3) is 0 Å². The van der Waals surface area contributed by atoms with Crippen LogP contribution < -0.4 is 5.73 Å². The lowest BCUT2D eigenvalue weighted by atomic mass is 9.97. The molecule has 0 amide bonds. The minimum absolute atomic E-state index is 0.390. The van der Waals surface area contributed by atoms with Crippen LogP contribution in [0.4, 0.5) is 3.89 Å². The van der Waals surface area contributed by atoms with Crippen molar-refractivity contribution in [2.75, 3.05) is 0 Å². The number of hydrogen-bond donors (Lipinski definition) is 1. The molecule has 2 N–H and O–H groups in total. The fourth-order valence-electron chi connectivity index (χ4n) is 1.59. The highest BCUT2D eigenvalue weighted by Gasteiger charge is 2.22. The molecule has 0 spiro atoms. The molecule has 0 saturated heterocycles. The summed E-state index contributed by atoms with van der Waals surface area (Å²) < 4.78 is 35.7. The van der Waals surface area contributed by atoms with E-state index < -0.39 is 15.8 Å². The van der Waals surface area contributed by atoms with Gasteiger partial charge in [-0.15, -0.1) is 8.98 Å². The Morgan fingerprint density at radius 3 is 2.45 bits per heavy atom. The van der Waals surface area contributed by atoms with Crippen molar-refractivity contribution in [3.63, 3.8) is 0 Å². The molecule has 2 rings (SSSR count). The van der Waals surface area contributed by atoms with Crippen LogP contribution in [-0.2, 0) is 15.8 Å². The van der Waals surface area contributed by atoms with Gasteiger partial charge in [-0.2, -0.15) is 8.42 Å². The van der Waals surface area contributed by atoms with Crippen LogP contribution in [0.1, 0.15) is 26.0 Å². The molecule has 0 saturated carbocycles. The standard InChI is InChI=1S/C12H15FN4O2S/c1-3-12(2,14)11-8-17(16-15-11)9-4-6-10(7-5-9)20(13,18)19/h4-8H,3,14H2,1-2H3. The normalized spacial score (nSPS) is 15.0. The topological polar surface area (TPSA) is 90.9 Å².